The van der Waals surface area contributed by atoms with Crippen LogP contribution in [0.3, 0.4) is 0 Å². The first-order valence-electron chi connectivity index (χ1n) is 6.36. The van der Waals surface area contributed by atoms with Crippen LogP contribution >= 0.6 is 23.1 Å². The lowest BCUT2D eigenvalue weighted by Crippen LogP contribution is -2.13. The zero-order valence-electron chi connectivity index (χ0n) is 11.7. The first kappa shape index (κ1) is 16.7. The molecule has 0 fully saturated rings. The Morgan fingerprint density at radius 1 is 1.45 bits per heavy atom. The molecule has 0 unspecified atom stereocenters. The van der Waals surface area contributed by atoms with Gasteiger partial charge >= 0.3 is 6.61 Å². The SMILES string of the molecule is Cc1nc(SCc2ccccc2OC(F)F)sc1CC(N)=O. The van der Waals surface area contributed by atoms with Crippen molar-refractivity contribution in [2.45, 2.75) is 30.0 Å². The molecule has 2 rings (SSSR count). The number of aromatic nitrogens is 1. The quantitative estimate of drug-likeness (QED) is 0.782. The number of para-hydroxylation sites is 1. The van der Waals surface area contributed by atoms with Crippen LogP contribution in [-0.4, -0.2) is 17.5 Å². The van der Waals surface area contributed by atoms with Crippen molar-refractivity contribution in [3.05, 3.63) is 40.4 Å². The number of nitrogens with zero attached hydrogens (tertiary/aromatic N) is 1. The predicted octanol–water partition coefficient (Wildman–Crippen LogP) is 3.37. The Labute approximate surface area is 134 Å². The molecular weight excluding hydrogens is 330 g/mol. The molecule has 2 aromatic rings. The summed E-state index contributed by atoms with van der Waals surface area (Å²) in [5.41, 5.74) is 6.61. The van der Waals surface area contributed by atoms with E-state index in [1.807, 2.05) is 6.92 Å². The van der Waals surface area contributed by atoms with Gasteiger partial charge in [0.2, 0.25) is 5.91 Å². The number of thiazole rings is 1. The van der Waals surface area contributed by atoms with Crippen LogP contribution in [0.4, 0.5) is 8.78 Å². The highest BCUT2D eigenvalue weighted by atomic mass is 32.2. The van der Waals surface area contributed by atoms with E-state index in [2.05, 4.69) is 9.72 Å². The molecule has 22 heavy (non-hydrogen) atoms. The van der Waals surface area contributed by atoms with Crippen molar-refractivity contribution >= 4 is 29.0 Å². The molecule has 4 nitrogen and oxygen atoms in total. The van der Waals surface area contributed by atoms with Crippen LogP contribution in [0.1, 0.15) is 16.1 Å². The number of thioether (sulfide) groups is 1. The van der Waals surface area contributed by atoms with Gasteiger partial charge in [-0.1, -0.05) is 30.0 Å². The highest BCUT2D eigenvalue weighted by molar-refractivity contribution is 8.00. The van der Waals surface area contributed by atoms with E-state index < -0.39 is 12.5 Å². The third-order valence-corrected chi connectivity index (χ3v) is 5.10. The topological polar surface area (TPSA) is 65.2 Å². The van der Waals surface area contributed by atoms with Gasteiger partial charge in [0.1, 0.15) is 5.75 Å². The van der Waals surface area contributed by atoms with E-state index in [0.29, 0.717) is 11.3 Å². The number of ether oxygens (including phenoxy) is 1. The van der Waals surface area contributed by atoms with E-state index in [1.54, 1.807) is 18.2 Å². The molecule has 8 heteroatoms. The summed E-state index contributed by atoms with van der Waals surface area (Å²) >= 11 is 2.80. The van der Waals surface area contributed by atoms with Crippen LogP contribution in [0.5, 0.6) is 5.75 Å². The van der Waals surface area contributed by atoms with E-state index in [4.69, 9.17) is 5.73 Å². The molecule has 0 aliphatic carbocycles. The van der Waals surface area contributed by atoms with Gasteiger partial charge in [0.25, 0.3) is 0 Å². The third-order valence-electron chi connectivity index (χ3n) is 2.75. The number of carbonyl (C=O) groups excluding carboxylic acids is 1. The summed E-state index contributed by atoms with van der Waals surface area (Å²) in [6.45, 7) is -1.04. The summed E-state index contributed by atoms with van der Waals surface area (Å²) in [5.74, 6) is 0.209. The largest absolute Gasteiger partial charge is 0.435 e. The number of aryl methyl sites for hydroxylation is 1. The van der Waals surface area contributed by atoms with Crippen molar-refractivity contribution in [1.82, 2.24) is 4.98 Å². The van der Waals surface area contributed by atoms with Gasteiger partial charge in [0.15, 0.2) is 4.34 Å². The van der Waals surface area contributed by atoms with Crippen molar-refractivity contribution < 1.29 is 18.3 Å². The van der Waals surface area contributed by atoms with Crippen LogP contribution in [0.15, 0.2) is 28.6 Å². The maximum absolute atomic E-state index is 12.4. The Morgan fingerprint density at radius 3 is 2.86 bits per heavy atom. The molecule has 1 aromatic carbocycles. The van der Waals surface area contributed by atoms with E-state index >= 15 is 0 Å². The number of carbonyl (C=O) groups is 1. The van der Waals surface area contributed by atoms with Gasteiger partial charge in [-0.05, 0) is 13.0 Å². The maximum Gasteiger partial charge on any atom is 0.387 e. The third kappa shape index (κ3) is 4.67. The maximum atomic E-state index is 12.4. The molecule has 0 saturated carbocycles. The Bertz CT molecular complexity index is 662. The Hall–Kier alpha value is -1.67. The van der Waals surface area contributed by atoms with Crippen LogP contribution in [0, 0.1) is 6.92 Å². The number of alkyl halides is 2. The van der Waals surface area contributed by atoms with Crippen LogP contribution < -0.4 is 10.5 Å². The number of benzene rings is 1. The number of primary amides is 1. The van der Waals surface area contributed by atoms with Crippen LogP contribution in [0.25, 0.3) is 0 Å². The standard InChI is InChI=1S/C14H14F2N2O2S2/c1-8-11(6-12(17)19)22-14(18-8)21-7-9-4-2-3-5-10(9)20-13(15)16/h2-5,13H,6-7H2,1H3,(H2,17,19). The first-order valence-corrected chi connectivity index (χ1v) is 8.16. The number of halogens is 2. The smallest absolute Gasteiger partial charge is 0.387 e. The highest BCUT2D eigenvalue weighted by Crippen LogP contribution is 2.32. The summed E-state index contributed by atoms with van der Waals surface area (Å²) in [5, 5.41) is 0. The van der Waals surface area contributed by atoms with E-state index in [1.165, 1.54) is 29.2 Å². The summed E-state index contributed by atoms with van der Waals surface area (Å²) in [6.07, 6.45) is 0.162. The molecule has 0 atom stereocenters. The lowest BCUT2D eigenvalue weighted by atomic mass is 10.2. The van der Waals surface area contributed by atoms with Crippen LogP contribution in [-0.2, 0) is 17.0 Å². The van der Waals surface area contributed by atoms with Gasteiger partial charge in [0, 0.05) is 16.2 Å². The fourth-order valence-electron chi connectivity index (χ4n) is 1.76. The average molecular weight is 344 g/mol. The number of hydrogen-bond acceptors (Lipinski definition) is 5. The molecular formula is C14H14F2N2O2S2. The van der Waals surface area contributed by atoms with Gasteiger partial charge in [-0.2, -0.15) is 8.78 Å². The molecule has 0 aliphatic heterocycles. The van der Waals surface area contributed by atoms with Gasteiger partial charge < -0.3 is 10.5 Å². The minimum Gasteiger partial charge on any atom is -0.435 e. The summed E-state index contributed by atoms with van der Waals surface area (Å²) in [6, 6.07) is 6.65. The first-order chi connectivity index (χ1) is 10.5. The Kier molecular flexibility index (Phi) is 5.73. The second-order valence-electron chi connectivity index (χ2n) is 4.41. The normalized spacial score (nSPS) is 10.9. The van der Waals surface area contributed by atoms with Gasteiger partial charge in [-0.15, -0.1) is 11.3 Å². The molecule has 118 valence electrons. The summed E-state index contributed by atoms with van der Waals surface area (Å²) in [7, 11) is 0. The second-order valence-corrected chi connectivity index (χ2v) is 6.71. The van der Waals surface area contributed by atoms with E-state index in [-0.39, 0.29) is 12.2 Å². The second kappa shape index (κ2) is 7.55. The molecule has 1 amide bonds. The lowest BCUT2D eigenvalue weighted by Gasteiger charge is -2.09. The monoisotopic (exact) mass is 344 g/mol. The van der Waals surface area contributed by atoms with Crippen LogP contribution in [0.2, 0.25) is 0 Å². The zero-order chi connectivity index (χ0) is 16.1. The molecule has 2 N–H and O–H groups in total. The number of rotatable bonds is 7. The lowest BCUT2D eigenvalue weighted by molar-refractivity contribution is -0.117. The summed E-state index contributed by atoms with van der Waals surface area (Å²) < 4.78 is 30.0. The Balaban J connectivity index is 2.06. The molecule has 0 aliphatic rings. The Morgan fingerprint density at radius 2 is 2.18 bits per heavy atom. The highest BCUT2D eigenvalue weighted by Gasteiger charge is 2.13. The van der Waals surface area contributed by atoms with Crippen molar-refractivity contribution in [2.75, 3.05) is 0 Å². The van der Waals surface area contributed by atoms with Gasteiger partial charge in [0.05, 0.1) is 12.1 Å². The zero-order valence-corrected chi connectivity index (χ0v) is 13.3. The minimum atomic E-state index is -2.85. The summed E-state index contributed by atoms with van der Waals surface area (Å²) in [4.78, 5) is 16.1. The van der Waals surface area contributed by atoms with Gasteiger partial charge in [-0.25, -0.2) is 4.98 Å². The number of amides is 1. The number of hydrogen-bond donors (Lipinski definition) is 1. The van der Waals surface area contributed by atoms with Crippen molar-refractivity contribution in [3.8, 4) is 5.75 Å². The van der Waals surface area contributed by atoms with Crippen molar-refractivity contribution in [3.63, 3.8) is 0 Å². The molecule has 0 radical (unpaired) electrons. The van der Waals surface area contributed by atoms with E-state index in [9.17, 15) is 13.6 Å². The predicted molar refractivity (Wildman–Crippen MR) is 82.4 cm³/mol. The number of nitrogens with two attached hydrogens (primary N) is 1. The van der Waals surface area contributed by atoms with Crippen molar-refractivity contribution in [2.24, 2.45) is 5.73 Å². The van der Waals surface area contributed by atoms with Crippen molar-refractivity contribution in [1.29, 1.82) is 0 Å². The molecule has 0 saturated heterocycles. The molecule has 1 heterocycles. The fraction of sp³-hybridized carbons (Fsp3) is 0.286. The van der Waals surface area contributed by atoms with Gasteiger partial charge in [-0.3, -0.25) is 4.79 Å². The minimum absolute atomic E-state index is 0.162. The fourth-order valence-corrected chi connectivity index (χ4v) is 3.99. The average Bonchev–Trinajstić information content (AvgIpc) is 2.77. The molecule has 0 spiro atoms. The van der Waals surface area contributed by atoms with E-state index in [0.717, 1.165) is 14.9 Å². The molecule has 1 aromatic heterocycles. The molecule has 0 bridgehead atoms.